The number of anilines is 1. The van der Waals surface area contributed by atoms with Gasteiger partial charge in [-0.05, 0) is 57.7 Å². The van der Waals surface area contributed by atoms with Gasteiger partial charge in [-0.15, -0.1) is 0 Å². The summed E-state index contributed by atoms with van der Waals surface area (Å²) in [6.07, 6.45) is 1.91. The average molecular weight is 506 g/mol. The molecule has 1 atom stereocenters. The molecule has 0 saturated carbocycles. The smallest absolute Gasteiger partial charge is 0.407 e. The van der Waals surface area contributed by atoms with E-state index in [1.807, 2.05) is 0 Å². The lowest BCUT2D eigenvalue weighted by Crippen LogP contribution is -2.42. The molecule has 2 aromatic rings. The number of hydrogen-bond donors (Lipinski definition) is 1. The molecule has 0 radical (unpaired) electrons. The minimum Gasteiger partial charge on any atom is -0.456 e. The summed E-state index contributed by atoms with van der Waals surface area (Å²) in [6.45, 7) is 6.37. The van der Waals surface area contributed by atoms with Crippen LogP contribution in [0.15, 0.2) is 47.4 Å². The fourth-order valence-corrected chi connectivity index (χ4v) is 5.09. The molecule has 1 aliphatic heterocycles. The Kier molecular flexibility index (Phi) is 7.89. The first-order valence-electron chi connectivity index (χ1n) is 11.3. The van der Waals surface area contributed by atoms with Crippen molar-refractivity contribution in [2.75, 3.05) is 30.8 Å². The fourth-order valence-electron chi connectivity index (χ4n) is 4.03. The monoisotopic (exact) mass is 505 g/mol. The van der Waals surface area contributed by atoms with Crippen LogP contribution in [0.1, 0.15) is 33.6 Å². The third kappa shape index (κ3) is 7.08. The number of nitrogens with zero attached hydrogens (tertiary/aromatic N) is 2. The van der Waals surface area contributed by atoms with Crippen molar-refractivity contribution in [1.29, 1.82) is 0 Å². The van der Waals surface area contributed by atoms with Gasteiger partial charge in [-0.3, -0.25) is 10.1 Å². The lowest BCUT2D eigenvalue weighted by molar-refractivity contribution is -0.384. The van der Waals surface area contributed by atoms with Gasteiger partial charge in [-0.2, -0.15) is 0 Å². The quantitative estimate of drug-likeness (QED) is 0.429. The van der Waals surface area contributed by atoms with E-state index in [4.69, 9.17) is 9.47 Å². The van der Waals surface area contributed by atoms with Crippen LogP contribution in [0, 0.1) is 16.0 Å². The van der Waals surface area contributed by atoms with Gasteiger partial charge in [0.1, 0.15) is 27.7 Å². The molecule has 0 aromatic heterocycles. The van der Waals surface area contributed by atoms with Gasteiger partial charge in [-0.25, -0.2) is 13.2 Å². The first kappa shape index (κ1) is 26.3. The zero-order valence-electron chi connectivity index (χ0n) is 20.3. The Morgan fingerprint density at radius 1 is 1.20 bits per heavy atom. The molecule has 1 heterocycles. The zero-order chi connectivity index (χ0) is 25.8. The van der Waals surface area contributed by atoms with Gasteiger partial charge in [0.25, 0.3) is 5.69 Å². The van der Waals surface area contributed by atoms with Crippen LogP contribution in [0.4, 0.5) is 16.2 Å². The standard InChI is InChI=1S/C24H31N3O7S/c1-24(2,3)34-23(28)25-15-17-9-8-14-26(16-17)21-19(27(29)30)12-13-20(22(21)35(4,31)32)33-18-10-6-5-7-11-18/h5-7,10-13,17H,8-9,14-16H2,1-4H3,(H,25,28)/t17-/m0/s1. The van der Waals surface area contributed by atoms with E-state index in [2.05, 4.69) is 5.32 Å². The van der Waals surface area contributed by atoms with Gasteiger partial charge in [0.2, 0.25) is 0 Å². The van der Waals surface area contributed by atoms with Crippen molar-refractivity contribution >= 4 is 27.3 Å². The summed E-state index contributed by atoms with van der Waals surface area (Å²) in [6, 6.07) is 11.2. The van der Waals surface area contributed by atoms with E-state index in [1.165, 1.54) is 12.1 Å². The Balaban J connectivity index is 1.95. The number of nitro benzene ring substituents is 1. The third-order valence-corrected chi connectivity index (χ3v) is 6.52. The number of carbonyl (C=O) groups excluding carboxylic acids is 1. The summed E-state index contributed by atoms with van der Waals surface area (Å²) in [4.78, 5) is 24.9. The Bertz CT molecular complexity index is 1180. The number of ether oxygens (including phenoxy) is 2. The predicted octanol–water partition coefficient (Wildman–Crippen LogP) is 4.53. The van der Waals surface area contributed by atoms with Crippen LogP contribution in [0.5, 0.6) is 11.5 Å². The van der Waals surface area contributed by atoms with Crippen molar-refractivity contribution in [3.8, 4) is 11.5 Å². The van der Waals surface area contributed by atoms with Crippen molar-refractivity contribution in [3.63, 3.8) is 0 Å². The number of rotatable bonds is 7. The number of sulfone groups is 1. The maximum atomic E-state index is 12.9. The average Bonchev–Trinajstić information content (AvgIpc) is 2.76. The van der Waals surface area contributed by atoms with Crippen LogP contribution in [0.25, 0.3) is 0 Å². The van der Waals surface area contributed by atoms with Crippen LogP contribution in [0.2, 0.25) is 0 Å². The van der Waals surface area contributed by atoms with E-state index < -0.39 is 26.5 Å². The molecule has 10 nitrogen and oxygen atoms in total. The van der Waals surface area contributed by atoms with Gasteiger partial charge in [0, 0.05) is 32.0 Å². The number of alkyl carbamates (subject to hydrolysis) is 1. The molecule has 1 amide bonds. The van der Waals surface area contributed by atoms with Crippen LogP contribution >= 0.6 is 0 Å². The Labute approximate surface area is 205 Å². The predicted molar refractivity (Wildman–Crippen MR) is 132 cm³/mol. The molecule has 35 heavy (non-hydrogen) atoms. The van der Waals surface area contributed by atoms with Gasteiger partial charge in [0.05, 0.1) is 4.92 Å². The highest BCUT2D eigenvalue weighted by atomic mass is 32.2. The Morgan fingerprint density at radius 3 is 2.49 bits per heavy atom. The number of benzene rings is 2. The summed E-state index contributed by atoms with van der Waals surface area (Å²) < 4.78 is 36.9. The number of carbonyl (C=O) groups is 1. The molecule has 1 saturated heterocycles. The highest BCUT2D eigenvalue weighted by molar-refractivity contribution is 7.91. The minimum atomic E-state index is -3.91. The van der Waals surface area contributed by atoms with E-state index in [0.717, 1.165) is 12.7 Å². The van der Waals surface area contributed by atoms with Gasteiger partial charge >= 0.3 is 6.09 Å². The van der Waals surface area contributed by atoms with Crippen LogP contribution in [-0.4, -0.2) is 50.9 Å². The second-order valence-electron chi connectivity index (χ2n) is 9.54. The largest absolute Gasteiger partial charge is 0.456 e. The molecule has 3 rings (SSSR count). The third-order valence-electron chi connectivity index (χ3n) is 5.38. The van der Waals surface area contributed by atoms with Gasteiger partial charge < -0.3 is 19.7 Å². The SMILES string of the molecule is CC(C)(C)OC(=O)NC[C@@H]1CCCN(c2c([N+](=O)[O-])ccc(Oc3ccccc3)c2S(C)(=O)=O)C1. The normalized spacial score (nSPS) is 16.5. The molecule has 0 spiro atoms. The van der Waals surface area contributed by atoms with Crippen molar-refractivity contribution in [2.24, 2.45) is 5.92 Å². The van der Waals surface area contributed by atoms with E-state index in [-0.39, 0.29) is 27.9 Å². The summed E-state index contributed by atoms with van der Waals surface area (Å²) in [5.41, 5.74) is -0.938. The van der Waals surface area contributed by atoms with Crippen molar-refractivity contribution < 1.29 is 27.6 Å². The van der Waals surface area contributed by atoms with Crippen LogP contribution in [0.3, 0.4) is 0 Å². The summed E-state index contributed by atoms with van der Waals surface area (Å²) in [5, 5.41) is 14.7. The molecule has 1 fully saturated rings. The number of nitro groups is 1. The lowest BCUT2D eigenvalue weighted by atomic mass is 9.97. The van der Waals surface area contributed by atoms with E-state index in [0.29, 0.717) is 31.8 Å². The molecule has 0 unspecified atom stereocenters. The number of hydrogen-bond acceptors (Lipinski definition) is 8. The molecular formula is C24H31N3O7S. The molecule has 0 aliphatic carbocycles. The van der Waals surface area contributed by atoms with Gasteiger partial charge in [0.15, 0.2) is 9.84 Å². The summed E-state index contributed by atoms with van der Waals surface area (Å²) >= 11 is 0. The van der Waals surface area contributed by atoms with Crippen LogP contribution in [-0.2, 0) is 14.6 Å². The Hall–Kier alpha value is -3.34. The lowest BCUT2D eigenvalue weighted by Gasteiger charge is -2.35. The molecule has 11 heteroatoms. The van der Waals surface area contributed by atoms with Gasteiger partial charge in [-0.1, -0.05) is 18.2 Å². The number of nitrogens with one attached hydrogen (secondary N) is 1. The first-order valence-corrected chi connectivity index (χ1v) is 13.2. The van der Waals surface area contributed by atoms with Crippen molar-refractivity contribution in [3.05, 3.63) is 52.6 Å². The first-order chi connectivity index (χ1) is 16.3. The fraction of sp³-hybridized carbons (Fsp3) is 0.458. The zero-order valence-corrected chi connectivity index (χ0v) is 21.1. The van der Waals surface area contributed by atoms with Crippen LogP contribution < -0.4 is 15.0 Å². The van der Waals surface area contributed by atoms with Crippen molar-refractivity contribution in [1.82, 2.24) is 5.32 Å². The molecule has 1 aliphatic rings. The number of piperidine rings is 1. The number of para-hydroxylation sites is 1. The molecule has 1 N–H and O–H groups in total. The highest BCUT2D eigenvalue weighted by Crippen LogP contribution is 2.43. The molecule has 190 valence electrons. The highest BCUT2D eigenvalue weighted by Gasteiger charge is 2.34. The maximum Gasteiger partial charge on any atom is 0.407 e. The second kappa shape index (κ2) is 10.5. The topological polar surface area (TPSA) is 128 Å². The molecule has 2 aromatic carbocycles. The molecule has 0 bridgehead atoms. The molecular weight excluding hydrogens is 474 g/mol. The Morgan fingerprint density at radius 2 is 1.89 bits per heavy atom. The second-order valence-corrected chi connectivity index (χ2v) is 11.5. The van der Waals surface area contributed by atoms with E-state index in [9.17, 15) is 23.3 Å². The maximum absolute atomic E-state index is 12.9. The summed E-state index contributed by atoms with van der Waals surface area (Å²) in [5.74, 6) is 0.380. The van der Waals surface area contributed by atoms with Crippen molar-refractivity contribution in [2.45, 2.75) is 44.1 Å². The van der Waals surface area contributed by atoms with E-state index >= 15 is 0 Å². The summed E-state index contributed by atoms with van der Waals surface area (Å²) in [7, 11) is -3.91. The number of amides is 1. The van der Waals surface area contributed by atoms with E-state index in [1.54, 1.807) is 56.0 Å². The minimum absolute atomic E-state index is 0.00731.